The molecule has 0 bridgehead atoms. The number of esters is 3. The normalized spacial score (nSPS) is 12.5. The summed E-state index contributed by atoms with van der Waals surface area (Å²) in [4.78, 5) is 37.8. The van der Waals surface area contributed by atoms with Crippen LogP contribution in [-0.2, 0) is 28.6 Å². The van der Waals surface area contributed by atoms with Gasteiger partial charge in [-0.05, 0) is 31.1 Å². The van der Waals surface area contributed by atoms with E-state index in [4.69, 9.17) is 14.2 Å². The van der Waals surface area contributed by atoms with Crippen LogP contribution in [0.2, 0.25) is 0 Å². The van der Waals surface area contributed by atoms with Crippen LogP contribution in [0.15, 0.2) is 0 Å². The summed E-state index contributed by atoms with van der Waals surface area (Å²) >= 11 is 0. The van der Waals surface area contributed by atoms with Crippen molar-refractivity contribution in [3.8, 4) is 0 Å². The molecular weight excluding hydrogens is 709 g/mol. The quantitative estimate of drug-likeness (QED) is 0.0346. The van der Waals surface area contributed by atoms with E-state index in [9.17, 15) is 14.4 Å². The van der Waals surface area contributed by atoms with Crippen molar-refractivity contribution < 1.29 is 28.6 Å². The van der Waals surface area contributed by atoms with Gasteiger partial charge in [-0.3, -0.25) is 14.4 Å². The second-order valence-corrected chi connectivity index (χ2v) is 18.2. The maximum absolute atomic E-state index is 12.7. The minimum absolute atomic E-state index is 0.0641. The largest absolute Gasteiger partial charge is 0.462 e. The Morgan fingerprint density at radius 1 is 0.368 bits per heavy atom. The smallest absolute Gasteiger partial charge is 0.306 e. The van der Waals surface area contributed by atoms with Crippen LogP contribution in [0.1, 0.15) is 279 Å². The van der Waals surface area contributed by atoms with Crippen molar-refractivity contribution in [1.29, 1.82) is 0 Å². The summed E-state index contributed by atoms with van der Waals surface area (Å²) in [5.41, 5.74) is 0. The number of carbonyl (C=O) groups is 3. The molecule has 0 amide bonds. The van der Waals surface area contributed by atoms with Gasteiger partial charge in [-0.15, -0.1) is 0 Å². The van der Waals surface area contributed by atoms with Gasteiger partial charge in [-0.25, -0.2) is 0 Å². The Labute approximate surface area is 355 Å². The summed E-state index contributed by atoms with van der Waals surface area (Å²) in [5.74, 6) is 0.857. The lowest BCUT2D eigenvalue weighted by atomic mass is 9.99. The summed E-state index contributed by atoms with van der Waals surface area (Å²) in [5, 5.41) is 0. The number of rotatable bonds is 45. The molecule has 0 aromatic rings. The Morgan fingerprint density at radius 2 is 0.667 bits per heavy atom. The molecule has 0 aliphatic heterocycles. The van der Waals surface area contributed by atoms with Gasteiger partial charge in [0.15, 0.2) is 6.10 Å². The fourth-order valence-electron chi connectivity index (χ4n) is 7.60. The van der Waals surface area contributed by atoms with Crippen LogP contribution < -0.4 is 0 Å². The van der Waals surface area contributed by atoms with Crippen molar-refractivity contribution in [1.82, 2.24) is 0 Å². The van der Waals surface area contributed by atoms with Gasteiger partial charge in [-0.1, -0.05) is 240 Å². The molecule has 0 spiro atoms. The van der Waals surface area contributed by atoms with Crippen molar-refractivity contribution in [3.05, 3.63) is 0 Å². The van der Waals surface area contributed by atoms with Gasteiger partial charge in [0, 0.05) is 19.3 Å². The highest BCUT2D eigenvalue weighted by atomic mass is 16.6. The highest BCUT2D eigenvalue weighted by Crippen LogP contribution is 2.18. The Kier molecular flexibility index (Phi) is 42.7. The Hall–Kier alpha value is -1.59. The fraction of sp³-hybridized carbons (Fsp3) is 0.941. The predicted octanol–water partition coefficient (Wildman–Crippen LogP) is 16.1. The third-order valence-corrected chi connectivity index (χ3v) is 11.8. The molecule has 0 aromatic heterocycles. The number of ether oxygens (including phenoxy) is 3. The van der Waals surface area contributed by atoms with Gasteiger partial charge in [0.05, 0.1) is 0 Å². The molecule has 0 rings (SSSR count). The highest BCUT2D eigenvalue weighted by Gasteiger charge is 2.19. The lowest BCUT2D eigenvalue weighted by Gasteiger charge is -2.18. The van der Waals surface area contributed by atoms with E-state index in [2.05, 4.69) is 34.6 Å². The van der Waals surface area contributed by atoms with Gasteiger partial charge in [0.1, 0.15) is 13.2 Å². The summed E-state index contributed by atoms with van der Waals surface area (Å²) in [6.45, 7) is 11.4. The summed E-state index contributed by atoms with van der Waals surface area (Å²) < 4.78 is 16.8. The summed E-state index contributed by atoms with van der Waals surface area (Å²) in [6.07, 6.45) is 43.7. The number of unbranched alkanes of at least 4 members (excludes halogenated alkanes) is 29. The molecular formula is C51H98O6. The molecule has 0 aliphatic rings. The van der Waals surface area contributed by atoms with Crippen LogP contribution in [0.25, 0.3) is 0 Å². The zero-order chi connectivity index (χ0) is 41.9. The van der Waals surface area contributed by atoms with E-state index in [0.29, 0.717) is 19.3 Å². The first-order valence-corrected chi connectivity index (χ1v) is 25.3. The molecule has 0 aliphatic carbocycles. The molecule has 1 unspecified atom stereocenters. The predicted molar refractivity (Wildman–Crippen MR) is 243 cm³/mol. The standard InChI is InChI=1S/C51H98O6/c1-6-8-9-10-11-19-28-33-38-43-51(54)57-48(45-56-50(53)42-37-32-27-23-18-17-21-25-30-35-40-47(5)7-2)44-55-49(52)41-36-31-26-22-16-14-12-13-15-20-24-29-34-39-46(3)4/h46-48H,6-45H2,1-5H3/t47?,48-/m0/s1. The van der Waals surface area contributed by atoms with Gasteiger partial charge < -0.3 is 14.2 Å². The third kappa shape index (κ3) is 43.8. The minimum Gasteiger partial charge on any atom is -0.462 e. The maximum atomic E-state index is 12.7. The average Bonchev–Trinajstić information content (AvgIpc) is 3.19. The van der Waals surface area contributed by atoms with Crippen LogP contribution in [0.5, 0.6) is 0 Å². The molecule has 0 heterocycles. The molecule has 0 radical (unpaired) electrons. The molecule has 57 heavy (non-hydrogen) atoms. The SMILES string of the molecule is CCCCCCCCCCCC(=O)O[C@@H](COC(=O)CCCCCCCCCCCCCCCC(C)C)COC(=O)CCCCCCCCCCCCC(C)CC. The zero-order valence-electron chi connectivity index (χ0n) is 39.0. The maximum Gasteiger partial charge on any atom is 0.306 e. The lowest BCUT2D eigenvalue weighted by Crippen LogP contribution is -2.30. The monoisotopic (exact) mass is 807 g/mol. The van der Waals surface area contributed by atoms with Crippen molar-refractivity contribution >= 4 is 17.9 Å². The first kappa shape index (κ1) is 55.4. The molecule has 0 saturated heterocycles. The molecule has 2 atom stereocenters. The Balaban J connectivity index is 4.26. The van der Waals surface area contributed by atoms with Crippen molar-refractivity contribution in [2.24, 2.45) is 11.8 Å². The second kappa shape index (κ2) is 44.0. The lowest BCUT2D eigenvalue weighted by molar-refractivity contribution is -0.167. The zero-order valence-corrected chi connectivity index (χ0v) is 39.0. The van der Waals surface area contributed by atoms with Gasteiger partial charge in [0.2, 0.25) is 0 Å². The highest BCUT2D eigenvalue weighted by molar-refractivity contribution is 5.71. The first-order chi connectivity index (χ1) is 27.8. The topological polar surface area (TPSA) is 78.9 Å². The van der Waals surface area contributed by atoms with Crippen LogP contribution >= 0.6 is 0 Å². The van der Waals surface area contributed by atoms with Gasteiger partial charge in [-0.2, -0.15) is 0 Å². The third-order valence-electron chi connectivity index (χ3n) is 11.8. The molecule has 0 fully saturated rings. The van der Waals surface area contributed by atoms with E-state index in [1.165, 1.54) is 167 Å². The molecule has 0 aromatic carbocycles. The molecule has 0 N–H and O–H groups in total. The van der Waals surface area contributed by atoms with Gasteiger partial charge >= 0.3 is 17.9 Å². The van der Waals surface area contributed by atoms with E-state index in [1.54, 1.807) is 0 Å². The number of hydrogen-bond donors (Lipinski definition) is 0. The van der Waals surface area contributed by atoms with Crippen molar-refractivity contribution in [2.45, 2.75) is 285 Å². The number of hydrogen-bond acceptors (Lipinski definition) is 6. The summed E-state index contributed by atoms with van der Waals surface area (Å²) in [6, 6.07) is 0. The molecule has 0 saturated carbocycles. The average molecular weight is 807 g/mol. The molecule has 6 heteroatoms. The fourth-order valence-corrected chi connectivity index (χ4v) is 7.60. The summed E-state index contributed by atoms with van der Waals surface area (Å²) in [7, 11) is 0. The van der Waals surface area contributed by atoms with E-state index in [-0.39, 0.29) is 31.1 Å². The van der Waals surface area contributed by atoms with E-state index >= 15 is 0 Å². The van der Waals surface area contributed by atoms with E-state index in [1.807, 2.05) is 0 Å². The van der Waals surface area contributed by atoms with Crippen LogP contribution in [-0.4, -0.2) is 37.2 Å². The second-order valence-electron chi connectivity index (χ2n) is 18.2. The van der Waals surface area contributed by atoms with E-state index in [0.717, 1.165) is 69.6 Å². The minimum atomic E-state index is -0.760. The van der Waals surface area contributed by atoms with Crippen LogP contribution in [0.3, 0.4) is 0 Å². The molecule has 338 valence electrons. The Morgan fingerprint density at radius 3 is 1.00 bits per heavy atom. The van der Waals surface area contributed by atoms with Crippen molar-refractivity contribution in [3.63, 3.8) is 0 Å². The van der Waals surface area contributed by atoms with Gasteiger partial charge in [0.25, 0.3) is 0 Å². The van der Waals surface area contributed by atoms with E-state index < -0.39 is 6.10 Å². The Bertz CT molecular complexity index is 872. The van der Waals surface area contributed by atoms with Crippen LogP contribution in [0, 0.1) is 11.8 Å². The number of carbonyl (C=O) groups excluding carboxylic acids is 3. The first-order valence-electron chi connectivity index (χ1n) is 25.3. The van der Waals surface area contributed by atoms with Crippen LogP contribution in [0.4, 0.5) is 0 Å². The molecule has 6 nitrogen and oxygen atoms in total. The van der Waals surface area contributed by atoms with Crippen molar-refractivity contribution in [2.75, 3.05) is 13.2 Å².